The quantitative estimate of drug-likeness (QED) is 0.688. The predicted octanol–water partition coefficient (Wildman–Crippen LogP) is 4.20. The summed E-state index contributed by atoms with van der Waals surface area (Å²) in [5, 5.41) is 1.26. The molecule has 0 aliphatic carbocycles. The van der Waals surface area contributed by atoms with E-state index in [-0.39, 0.29) is 0 Å². The second-order valence-electron chi connectivity index (χ2n) is 7.78. The van der Waals surface area contributed by atoms with E-state index in [4.69, 9.17) is 9.72 Å². The summed E-state index contributed by atoms with van der Waals surface area (Å²) >= 11 is 0. The smallest absolute Gasteiger partial charge is 0.0730 e. The molecule has 2 aromatic carbocycles. The van der Waals surface area contributed by atoms with Crippen LogP contribution in [0, 0.1) is 0 Å². The van der Waals surface area contributed by atoms with Crippen molar-refractivity contribution in [3.8, 4) is 11.3 Å². The van der Waals surface area contributed by atoms with E-state index in [1.54, 1.807) is 0 Å². The number of aromatic nitrogens is 1. The number of pyridine rings is 1. The molecule has 5 rings (SSSR count). The van der Waals surface area contributed by atoms with Crippen LogP contribution in [0.3, 0.4) is 0 Å². The van der Waals surface area contributed by atoms with E-state index in [9.17, 15) is 0 Å². The molecule has 0 radical (unpaired) electrons. The molecule has 0 bridgehead atoms. The second kappa shape index (κ2) is 7.90. The molecule has 0 N–H and O–H groups in total. The standard InChI is InChI=1S/C24H27N3O/c1-2-6-19(7-3-1)23-18-24(21-8-4-5-9-22(21)25-23)27-12-10-20(11-13-27)26-14-16-28-17-15-26/h1-9,18,20H,10-17H2. The van der Waals surface area contributed by atoms with Gasteiger partial charge in [0, 0.05) is 48.9 Å². The van der Waals surface area contributed by atoms with E-state index in [0.717, 1.165) is 50.6 Å². The Morgan fingerprint density at radius 3 is 2.32 bits per heavy atom. The number of rotatable bonds is 3. The van der Waals surface area contributed by atoms with Crippen molar-refractivity contribution in [1.29, 1.82) is 0 Å². The van der Waals surface area contributed by atoms with E-state index < -0.39 is 0 Å². The van der Waals surface area contributed by atoms with Crippen molar-refractivity contribution in [2.45, 2.75) is 18.9 Å². The van der Waals surface area contributed by atoms with Crippen molar-refractivity contribution in [2.24, 2.45) is 0 Å². The number of fused-ring (bicyclic) bond motifs is 1. The maximum atomic E-state index is 5.53. The molecule has 4 nitrogen and oxygen atoms in total. The third-order valence-electron chi connectivity index (χ3n) is 6.13. The van der Waals surface area contributed by atoms with Gasteiger partial charge >= 0.3 is 0 Å². The normalized spacial score (nSPS) is 19.2. The summed E-state index contributed by atoms with van der Waals surface area (Å²) in [6.45, 7) is 6.14. The molecule has 2 aliphatic heterocycles. The highest BCUT2D eigenvalue weighted by Gasteiger charge is 2.26. The summed E-state index contributed by atoms with van der Waals surface area (Å²) in [5.74, 6) is 0. The van der Waals surface area contributed by atoms with Crippen molar-refractivity contribution in [1.82, 2.24) is 9.88 Å². The van der Waals surface area contributed by atoms with Gasteiger partial charge in [-0.25, -0.2) is 4.98 Å². The molecule has 0 atom stereocenters. The average molecular weight is 374 g/mol. The van der Waals surface area contributed by atoms with Crippen molar-refractivity contribution in [3.63, 3.8) is 0 Å². The van der Waals surface area contributed by atoms with Crippen LogP contribution in [0.1, 0.15) is 12.8 Å². The van der Waals surface area contributed by atoms with Crippen LogP contribution in [0.4, 0.5) is 5.69 Å². The first-order valence-corrected chi connectivity index (χ1v) is 10.4. The van der Waals surface area contributed by atoms with E-state index >= 15 is 0 Å². The number of hydrogen-bond donors (Lipinski definition) is 0. The van der Waals surface area contributed by atoms with E-state index in [1.165, 1.54) is 29.5 Å². The Morgan fingerprint density at radius 1 is 0.821 bits per heavy atom. The number of anilines is 1. The Bertz CT molecular complexity index is 929. The van der Waals surface area contributed by atoms with Crippen LogP contribution in [-0.2, 0) is 4.74 Å². The molecule has 2 aliphatic rings. The molecule has 4 heteroatoms. The van der Waals surface area contributed by atoms with Gasteiger partial charge in [0.25, 0.3) is 0 Å². The van der Waals surface area contributed by atoms with Gasteiger partial charge in [-0.1, -0.05) is 48.5 Å². The molecule has 0 amide bonds. The van der Waals surface area contributed by atoms with Gasteiger partial charge in [-0.05, 0) is 25.0 Å². The van der Waals surface area contributed by atoms with Gasteiger partial charge < -0.3 is 9.64 Å². The highest BCUT2D eigenvalue weighted by Crippen LogP contribution is 2.33. The molecule has 2 saturated heterocycles. The summed E-state index contributed by atoms with van der Waals surface area (Å²) in [4.78, 5) is 10.1. The van der Waals surface area contributed by atoms with Gasteiger partial charge in [-0.3, -0.25) is 4.90 Å². The molecular weight excluding hydrogens is 346 g/mol. The van der Waals surface area contributed by atoms with Crippen molar-refractivity contribution in [3.05, 3.63) is 60.7 Å². The maximum absolute atomic E-state index is 5.53. The van der Waals surface area contributed by atoms with Gasteiger partial charge in [0.2, 0.25) is 0 Å². The minimum absolute atomic E-state index is 0.696. The molecule has 2 fully saturated rings. The van der Waals surface area contributed by atoms with Crippen LogP contribution in [0.5, 0.6) is 0 Å². The molecule has 3 heterocycles. The zero-order valence-electron chi connectivity index (χ0n) is 16.3. The summed E-state index contributed by atoms with van der Waals surface area (Å²) in [6, 6.07) is 22.0. The van der Waals surface area contributed by atoms with Gasteiger partial charge in [0.1, 0.15) is 0 Å². The monoisotopic (exact) mass is 373 g/mol. The lowest BCUT2D eigenvalue weighted by Gasteiger charge is -2.41. The Labute approximate surface area is 166 Å². The average Bonchev–Trinajstić information content (AvgIpc) is 2.80. The Hall–Kier alpha value is -2.43. The first kappa shape index (κ1) is 17.7. The van der Waals surface area contributed by atoms with Crippen LogP contribution < -0.4 is 4.90 Å². The number of hydrogen-bond acceptors (Lipinski definition) is 4. The van der Waals surface area contributed by atoms with Crippen LogP contribution in [0.15, 0.2) is 60.7 Å². The topological polar surface area (TPSA) is 28.6 Å². The molecule has 28 heavy (non-hydrogen) atoms. The fourth-order valence-electron chi connectivity index (χ4n) is 4.59. The van der Waals surface area contributed by atoms with Gasteiger partial charge in [0.05, 0.1) is 24.4 Å². The number of nitrogens with zero attached hydrogens (tertiary/aromatic N) is 3. The van der Waals surface area contributed by atoms with E-state index in [2.05, 4.69) is 70.5 Å². The zero-order valence-corrected chi connectivity index (χ0v) is 16.3. The number of para-hydroxylation sites is 1. The lowest BCUT2D eigenvalue weighted by Crippen LogP contribution is -2.49. The van der Waals surface area contributed by atoms with Gasteiger partial charge in [0.15, 0.2) is 0 Å². The van der Waals surface area contributed by atoms with Gasteiger partial charge in [-0.15, -0.1) is 0 Å². The summed E-state index contributed by atoms with van der Waals surface area (Å²) in [7, 11) is 0. The highest BCUT2D eigenvalue weighted by molar-refractivity contribution is 5.94. The maximum Gasteiger partial charge on any atom is 0.0730 e. The van der Waals surface area contributed by atoms with E-state index in [1.807, 2.05) is 0 Å². The molecule has 0 saturated carbocycles. The summed E-state index contributed by atoms with van der Waals surface area (Å²) < 4.78 is 5.53. The van der Waals surface area contributed by atoms with Gasteiger partial charge in [-0.2, -0.15) is 0 Å². The van der Waals surface area contributed by atoms with Crippen molar-refractivity contribution >= 4 is 16.6 Å². The first-order valence-electron chi connectivity index (χ1n) is 10.4. The molecule has 144 valence electrons. The number of benzene rings is 2. The Morgan fingerprint density at radius 2 is 1.54 bits per heavy atom. The lowest BCUT2D eigenvalue weighted by molar-refractivity contribution is 0.0115. The number of morpholine rings is 1. The molecule has 0 unspecified atom stereocenters. The lowest BCUT2D eigenvalue weighted by atomic mass is 10.0. The van der Waals surface area contributed by atoms with Crippen molar-refractivity contribution < 1.29 is 4.74 Å². The van der Waals surface area contributed by atoms with Crippen LogP contribution in [0.2, 0.25) is 0 Å². The molecular formula is C24H27N3O. The minimum Gasteiger partial charge on any atom is -0.379 e. The third-order valence-corrected chi connectivity index (χ3v) is 6.13. The largest absolute Gasteiger partial charge is 0.379 e. The minimum atomic E-state index is 0.696. The highest BCUT2D eigenvalue weighted by atomic mass is 16.5. The molecule has 3 aromatic rings. The first-order chi connectivity index (χ1) is 13.9. The van der Waals surface area contributed by atoms with Crippen LogP contribution in [-0.4, -0.2) is 55.3 Å². The second-order valence-corrected chi connectivity index (χ2v) is 7.78. The summed E-state index contributed by atoms with van der Waals surface area (Å²) in [6.07, 6.45) is 2.44. The van der Waals surface area contributed by atoms with E-state index in [0.29, 0.717) is 6.04 Å². The fourth-order valence-corrected chi connectivity index (χ4v) is 4.59. The van der Waals surface area contributed by atoms with Crippen molar-refractivity contribution in [2.75, 3.05) is 44.3 Å². The summed E-state index contributed by atoms with van der Waals surface area (Å²) in [5.41, 5.74) is 4.64. The number of ether oxygens (including phenoxy) is 1. The fraction of sp³-hybridized carbons (Fsp3) is 0.375. The molecule has 1 aromatic heterocycles. The molecule has 0 spiro atoms. The van der Waals surface area contributed by atoms with Crippen LogP contribution >= 0.6 is 0 Å². The zero-order chi connectivity index (χ0) is 18.8. The third kappa shape index (κ3) is 3.50. The Balaban J connectivity index is 1.44. The Kier molecular flexibility index (Phi) is 4.98. The van der Waals surface area contributed by atoms with Crippen LogP contribution in [0.25, 0.3) is 22.2 Å². The predicted molar refractivity (Wildman–Crippen MR) is 115 cm³/mol. The number of piperidine rings is 1. The SMILES string of the molecule is c1ccc(-c2cc(N3CCC(N4CCOCC4)CC3)c3ccccc3n2)cc1.